The topological polar surface area (TPSA) is 45.6 Å². The highest BCUT2D eigenvalue weighted by Gasteiger charge is 2.32. The molecule has 4 nitrogen and oxygen atoms in total. The summed E-state index contributed by atoms with van der Waals surface area (Å²) in [6.07, 6.45) is 5.30. The molecular formula is C17H15N3OS2. The highest BCUT2D eigenvalue weighted by molar-refractivity contribution is 8.18. The predicted molar refractivity (Wildman–Crippen MR) is 97.9 cm³/mol. The number of aliphatic imine (C=N–C) groups is 1. The van der Waals surface area contributed by atoms with Crippen molar-refractivity contribution in [1.82, 2.24) is 9.88 Å². The van der Waals surface area contributed by atoms with Crippen LogP contribution in [0, 0.1) is 6.92 Å². The Morgan fingerprint density at radius 3 is 3.00 bits per heavy atom. The molecule has 1 aromatic heterocycles. The van der Waals surface area contributed by atoms with E-state index in [9.17, 15) is 4.79 Å². The molecule has 0 unspecified atom stereocenters. The third kappa shape index (κ3) is 3.60. The van der Waals surface area contributed by atoms with Crippen LogP contribution in [0.5, 0.6) is 0 Å². The molecule has 0 bridgehead atoms. The maximum atomic E-state index is 12.6. The van der Waals surface area contributed by atoms with Gasteiger partial charge in [0.25, 0.3) is 5.91 Å². The molecule has 0 aliphatic carbocycles. The van der Waals surface area contributed by atoms with Gasteiger partial charge in [-0.15, -0.1) is 17.9 Å². The van der Waals surface area contributed by atoms with Gasteiger partial charge in [-0.2, -0.15) is 4.99 Å². The summed E-state index contributed by atoms with van der Waals surface area (Å²) < 4.78 is 0. The van der Waals surface area contributed by atoms with E-state index in [-0.39, 0.29) is 5.91 Å². The van der Waals surface area contributed by atoms with E-state index >= 15 is 0 Å². The van der Waals surface area contributed by atoms with Crippen LogP contribution < -0.4 is 0 Å². The fourth-order valence-electron chi connectivity index (χ4n) is 2.15. The zero-order valence-electron chi connectivity index (χ0n) is 12.6. The van der Waals surface area contributed by atoms with E-state index in [1.165, 1.54) is 23.1 Å². The highest BCUT2D eigenvalue weighted by atomic mass is 32.2. The van der Waals surface area contributed by atoms with Crippen LogP contribution in [0.2, 0.25) is 0 Å². The average Bonchev–Trinajstić information content (AvgIpc) is 3.12. The second-order valence-corrected chi connectivity index (χ2v) is 6.82. The summed E-state index contributed by atoms with van der Waals surface area (Å²) in [4.78, 5) is 23.5. The summed E-state index contributed by atoms with van der Waals surface area (Å²) in [5, 5.41) is 3.15. The number of hydrogen-bond donors (Lipinski definition) is 0. The number of thioether (sulfide) groups is 1. The number of rotatable bonds is 4. The normalized spacial score (nSPS) is 18.1. The first-order valence-electron chi connectivity index (χ1n) is 7.04. The van der Waals surface area contributed by atoms with E-state index in [1.807, 2.05) is 36.6 Å². The highest BCUT2D eigenvalue weighted by Crippen LogP contribution is 2.34. The average molecular weight is 341 g/mol. The quantitative estimate of drug-likeness (QED) is 0.617. The third-order valence-electron chi connectivity index (χ3n) is 3.15. The summed E-state index contributed by atoms with van der Waals surface area (Å²) in [5.41, 5.74) is 2.17. The number of aromatic nitrogens is 1. The van der Waals surface area contributed by atoms with Crippen LogP contribution in [-0.4, -0.2) is 27.5 Å². The minimum Gasteiger partial charge on any atom is -0.282 e. The molecule has 3 rings (SSSR count). The van der Waals surface area contributed by atoms with Crippen LogP contribution in [0.4, 0.5) is 5.13 Å². The minimum atomic E-state index is -0.0493. The molecule has 6 heteroatoms. The zero-order chi connectivity index (χ0) is 16.2. The van der Waals surface area contributed by atoms with Gasteiger partial charge < -0.3 is 0 Å². The van der Waals surface area contributed by atoms with Gasteiger partial charge >= 0.3 is 0 Å². The Morgan fingerprint density at radius 1 is 1.43 bits per heavy atom. The molecule has 2 heterocycles. The summed E-state index contributed by atoms with van der Waals surface area (Å²) in [6.45, 7) is 6.18. The number of amidine groups is 1. The van der Waals surface area contributed by atoms with Crippen molar-refractivity contribution in [2.45, 2.75) is 6.92 Å². The van der Waals surface area contributed by atoms with Gasteiger partial charge in [-0.25, -0.2) is 4.98 Å². The Morgan fingerprint density at radius 2 is 2.30 bits per heavy atom. The molecular weight excluding hydrogens is 326 g/mol. The lowest BCUT2D eigenvalue weighted by molar-refractivity contribution is -0.121. The first kappa shape index (κ1) is 15.7. The number of benzene rings is 1. The third-order valence-corrected chi connectivity index (χ3v) is 4.82. The van der Waals surface area contributed by atoms with Crippen molar-refractivity contribution in [1.29, 1.82) is 0 Å². The minimum absolute atomic E-state index is 0.0493. The molecule has 1 aliphatic heterocycles. The zero-order valence-corrected chi connectivity index (χ0v) is 14.2. The van der Waals surface area contributed by atoms with E-state index in [0.717, 1.165) is 11.1 Å². The van der Waals surface area contributed by atoms with Crippen molar-refractivity contribution in [3.05, 3.63) is 64.5 Å². The van der Waals surface area contributed by atoms with Gasteiger partial charge in [0.2, 0.25) is 5.13 Å². The molecule has 0 spiro atoms. The van der Waals surface area contributed by atoms with E-state index < -0.39 is 0 Å². The van der Waals surface area contributed by atoms with Gasteiger partial charge in [-0.1, -0.05) is 35.9 Å². The number of amides is 1. The van der Waals surface area contributed by atoms with Gasteiger partial charge in [-0.3, -0.25) is 9.69 Å². The molecule has 1 amide bonds. The van der Waals surface area contributed by atoms with Gasteiger partial charge in [0, 0.05) is 18.1 Å². The van der Waals surface area contributed by atoms with Crippen molar-refractivity contribution in [3.63, 3.8) is 0 Å². The second-order valence-electron chi connectivity index (χ2n) is 4.94. The molecule has 116 valence electrons. The molecule has 1 aromatic carbocycles. The first-order valence-corrected chi connectivity index (χ1v) is 8.74. The van der Waals surface area contributed by atoms with Gasteiger partial charge in [-0.05, 0) is 30.3 Å². The Balaban J connectivity index is 1.94. The van der Waals surface area contributed by atoms with Crippen molar-refractivity contribution >= 4 is 45.4 Å². The van der Waals surface area contributed by atoms with E-state index in [1.54, 1.807) is 17.2 Å². The molecule has 0 radical (unpaired) electrons. The van der Waals surface area contributed by atoms with Crippen LogP contribution in [0.1, 0.15) is 11.1 Å². The maximum Gasteiger partial charge on any atom is 0.267 e. The monoisotopic (exact) mass is 341 g/mol. The summed E-state index contributed by atoms with van der Waals surface area (Å²) in [5.74, 6) is -0.0493. The van der Waals surface area contributed by atoms with Crippen LogP contribution in [0.25, 0.3) is 6.08 Å². The van der Waals surface area contributed by atoms with E-state index in [2.05, 4.69) is 22.6 Å². The number of hydrogen-bond acceptors (Lipinski definition) is 5. The summed E-state index contributed by atoms with van der Waals surface area (Å²) >= 11 is 2.82. The Labute approximate surface area is 143 Å². The predicted octanol–water partition coefficient (Wildman–Crippen LogP) is 4.24. The largest absolute Gasteiger partial charge is 0.282 e. The molecule has 0 atom stereocenters. The molecule has 23 heavy (non-hydrogen) atoms. The second kappa shape index (κ2) is 6.93. The Bertz CT molecular complexity index is 794. The van der Waals surface area contributed by atoms with Crippen molar-refractivity contribution in [2.24, 2.45) is 4.99 Å². The van der Waals surface area contributed by atoms with E-state index in [4.69, 9.17) is 0 Å². The lowest BCUT2D eigenvalue weighted by Gasteiger charge is -2.11. The first-order chi connectivity index (χ1) is 11.2. The lowest BCUT2D eigenvalue weighted by atomic mass is 10.1. The SMILES string of the molecule is C=CCN1C(=O)/C(=C/c2cccc(C)c2)S/C1=N/c1nccs1. The number of aryl methyl sites for hydroxylation is 1. The van der Waals surface area contributed by atoms with Crippen LogP contribution >= 0.6 is 23.1 Å². The van der Waals surface area contributed by atoms with Crippen molar-refractivity contribution < 1.29 is 4.79 Å². The fraction of sp³-hybridized carbons (Fsp3) is 0.118. The molecule has 1 aliphatic rings. The van der Waals surface area contributed by atoms with Crippen LogP contribution in [-0.2, 0) is 4.79 Å². The van der Waals surface area contributed by atoms with Gasteiger partial charge in [0.15, 0.2) is 5.17 Å². The van der Waals surface area contributed by atoms with Crippen molar-refractivity contribution in [3.8, 4) is 0 Å². The smallest absolute Gasteiger partial charge is 0.267 e. The lowest BCUT2D eigenvalue weighted by Crippen LogP contribution is -2.29. The number of nitrogens with zero attached hydrogens (tertiary/aromatic N) is 3. The summed E-state index contributed by atoms with van der Waals surface area (Å²) in [6, 6.07) is 8.05. The van der Waals surface area contributed by atoms with Gasteiger partial charge in [0.1, 0.15) is 0 Å². The van der Waals surface area contributed by atoms with Gasteiger partial charge in [0.05, 0.1) is 4.91 Å². The standard InChI is InChI=1S/C17H15N3OS2/c1-3-8-20-15(21)14(11-13-6-4-5-12(2)10-13)23-17(20)19-16-18-7-9-22-16/h3-7,9-11H,1,8H2,2H3/b14-11-,19-17+. The maximum absolute atomic E-state index is 12.6. The van der Waals surface area contributed by atoms with Crippen LogP contribution in [0.3, 0.4) is 0 Å². The molecule has 0 N–H and O–H groups in total. The molecule has 1 saturated heterocycles. The number of carbonyl (C=O) groups is 1. The van der Waals surface area contributed by atoms with Crippen molar-refractivity contribution in [2.75, 3.05) is 6.54 Å². The Kier molecular flexibility index (Phi) is 4.73. The number of carbonyl (C=O) groups excluding carboxylic acids is 1. The fourth-order valence-corrected chi connectivity index (χ4v) is 3.70. The Hall–Kier alpha value is -2.18. The van der Waals surface area contributed by atoms with E-state index in [0.29, 0.717) is 21.7 Å². The summed E-state index contributed by atoms with van der Waals surface area (Å²) in [7, 11) is 0. The van der Waals surface area contributed by atoms with Crippen LogP contribution in [0.15, 0.2) is 58.4 Å². The number of thiazole rings is 1. The molecule has 2 aromatic rings. The molecule has 1 fully saturated rings. The molecule has 0 saturated carbocycles.